The molecule has 18 heavy (non-hydrogen) atoms. The molecule has 1 aliphatic rings. The Balaban J connectivity index is 2.39. The monoisotopic (exact) mass is 258 g/mol. The molecule has 6 nitrogen and oxygen atoms in total. The zero-order valence-corrected chi connectivity index (χ0v) is 10.9. The summed E-state index contributed by atoms with van der Waals surface area (Å²) in [6, 6.07) is -0.357. The molecular weight excluding hydrogens is 236 g/mol. The Morgan fingerprint density at radius 1 is 1.44 bits per heavy atom. The number of amides is 2. The van der Waals surface area contributed by atoms with Crippen LogP contribution in [0.1, 0.15) is 32.6 Å². The first-order chi connectivity index (χ1) is 8.65. The molecule has 0 saturated carbocycles. The molecule has 0 bridgehead atoms. The van der Waals surface area contributed by atoms with Crippen LogP contribution in [-0.2, 0) is 9.53 Å². The smallest absolute Gasteiger partial charge is 0.317 e. The van der Waals surface area contributed by atoms with Crippen LogP contribution in [0.4, 0.5) is 4.79 Å². The highest BCUT2D eigenvalue weighted by Crippen LogP contribution is 2.19. The maximum Gasteiger partial charge on any atom is 0.317 e. The number of nitrogens with one attached hydrogen (secondary N) is 1. The summed E-state index contributed by atoms with van der Waals surface area (Å²) in [5.74, 6) is -0.853. The summed E-state index contributed by atoms with van der Waals surface area (Å²) in [6.45, 7) is 4.11. The molecule has 104 valence electrons. The molecule has 0 aromatic carbocycles. The molecule has 1 atom stereocenters. The van der Waals surface area contributed by atoms with Gasteiger partial charge >= 0.3 is 12.0 Å². The fourth-order valence-corrected chi connectivity index (χ4v) is 2.16. The first kappa shape index (κ1) is 14.8. The van der Waals surface area contributed by atoms with E-state index in [1.807, 2.05) is 6.92 Å². The van der Waals surface area contributed by atoms with E-state index in [1.54, 1.807) is 4.90 Å². The zero-order chi connectivity index (χ0) is 13.4. The summed E-state index contributed by atoms with van der Waals surface area (Å²) in [6.07, 6.45) is 2.72. The molecule has 0 radical (unpaired) electrons. The van der Waals surface area contributed by atoms with Crippen LogP contribution in [0.3, 0.4) is 0 Å². The number of carbonyl (C=O) groups excluding carboxylic acids is 1. The SMILES string of the molecule is CCOCCNC(=O)N1CCCCC1CC(=O)O. The van der Waals surface area contributed by atoms with Gasteiger partial charge in [0.15, 0.2) is 0 Å². The molecule has 0 aromatic rings. The van der Waals surface area contributed by atoms with Crippen molar-refractivity contribution in [3.8, 4) is 0 Å². The zero-order valence-electron chi connectivity index (χ0n) is 10.9. The van der Waals surface area contributed by atoms with E-state index in [1.165, 1.54) is 0 Å². The number of urea groups is 1. The van der Waals surface area contributed by atoms with E-state index in [4.69, 9.17) is 9.84 Å². The van der Waals surface area contributed by atoms with Crippen LogP contribution in [0.25, 0.3) is 0 Å². The first-order valence-corrected chi connectivity index (χ1v) is 6.49. The van der Waals surface area contributed by atoms with Gasteiger partial charge in [-0.05, 0) is 26.2 Å². The molecular formula is C12H22N2O4. The molecule has 2 amide bonds. The lowest BCUT2D eigenvalue weighted by atomic mass is 10.00. The number of aliphatic carboxylic acids is 1. The summed E-state index contributed by atoms with van der Waals surface area (Å²) < 4.78 is 5.14. The molecule has 1 rings (SSSR count). The Kier molecular flexibility index (Phi) is 6.49. The minimum Gasteiger partial charge on any atom is -0.481 e. The summed E-state index contributed by atoms with van der Waals surface area (Å²) in [5, 5.41) is 11.6. The minimum absolute atomic E-state index is 0.0267. The van der Waals surface area contributed by atoms with Crippen LogP contribution in [0.2, 0.25) is 0 Å². The molecule has 2 N–H and O–H groups in total. The fourth-order valence-electron chi connectivity index (χ4n) is 2.16. The van der Waals surface area contributed by atoms with Crippen molar-refractivity contribution in [2.24, 2.45) is 0 Å². The Bertz CT molecular complexity index is 283. The third-order valence-corrected chi connectivity index (χ3v) is 3.02. The Morgan fingerprint density at radius 2 is 2.22 bits per heavy atom. The summed E-state index contributed by atoms with van der Waals surface area (Å²) in [5.41, 5.74) is 0. The minimum atomic E-state index is -0.853. The molecule has 0 aliphatic carbocycles. The van der Waals surface area contributed by atoms with Crippen molar-refractivity contribution >= 4 is 12.0 Å². The van der Waals surface area contributed by atoms with E-state index in [9.17, 15) is 9.59 Å². The lowest BCUT2D eigenvalue weighted by Crippen LogP contribution is -2.49. The van der Waals surface area contributed by atoms with E-state index in [0.29, 0.717) is 26.3 Å². The second-order valence-corrected chi connectivity index (χ2v) is 4.37. The molecule has 1 heterocycles. The quantitative estimate of drug-likeness (QED) is 0.698. The highest BCUT2D eigenvalue weighted by molar-refractivity contribution is 5.76. The van der Waals surface area contributed by atoms with Crippen molar-refractivity contribution in [3.63, 3.8) is 0 Å². The van der Waals surface area contributed by atoms with Gasteiger partial charge in [-0.1, -0.05) is 0 Å². The number of carboxylic acid groups (broad SMARTS) is 1. The van der Waals surface area contributed by atoms with Crippen LogP contribution in [0.5, 0.6) is 0 Å². The highest BCUT2D eigenvalue weighted by atomic mass is 16.5. The van der Waals surface area contributed by atoms with E-state index < -0.39 is 5.97 Å². The van der Waals surface area contributed by atoms with Crippen molar-refractivity contribution < 1.29 is 19.4 Å². The standard InChI is InChI=1S/C12H22N2O4/c1-2-18-8-6-13-12(17)14-7-4-3-5-10(14)9-11(15)16/h10H,2-9H2,1H3,(H,13,17)(H,15,16). The fraction of sp³-hybridized carbons (Fsp3) is 0.833. The molecule has 0 spiro atoms. The lowest BCUT2D eigenvalue weighted by Gasteiger charge is -2.34. The number of hydrogen-bond donors (Lipinski definition) is 2. The van der Waals surface area contributed by atoms with Gasteiger partial charge in [0.25, 0.3) is 0 Å². The Labute approximate surface area is 107 Å². The van der Waals surface area contributed by atoms with Crippen LogP contribution < -0.4 is 5.32 Å². The summed E-state index contributed by atoms with van der Waals surface area (Å²) in [4.78, 5) is 24.3. The van der Waals surface area contributed by atoms with E-state index in [-0.39, 0.29) is 18.5 Å². The van der Waals surface area contributed by atoms with Crippen LogP contribution >= 0.6 is 0 Å². The number of carboxylic acids is 1. The second-order valence-electron chi connectivity index (χ2n) is 4.37. The van der Waals surface area contributed by atoms with Crippen LogP contribution in [0.15, 0.2) is 0 Å². The number of ether oxygens (including phenoxy) is 1. The summed E-state index contributed by atoms with van der Waals surface area (Å²) in [7, 11) is 0. The van der Waals surface area contributed by atoms with Crippen molar-refractivity contribution in [2.75, 3.05) is 26.3 Å². The van der Waals surface area contributed by atoms with Gasteiger partial charge in [0.05, 0.1) is 13.0 Å². The molecule has 6 heteroatoms. The molecule has 1 aliphatic heterocycles. The van der Waals surface area contributed by atoms with Gasteiger partial charge in [0.1, 0.15) is 0 Å². The van der Waals surface area contributed by atoms with Crippen molar-refractivity contribution in [1.82, 2.24) is 10.2 Å². The van der Waals surface area contributed by atoms with E-state index >= 15 is 0 Å². The van der Waals surface area contributed by atoms with Crippen molar-refractivity contribution in [3.05, 3.63) is 0 Å². The van der Waals surface area contributed by atoms with Gasteiger partial charge in [0, 0.05) is 25.7 Å². The predicted molar refractivity (Wildman–Crippen MR) is 66.5 cm³/mol. The van der Waals surface area contributed by atoms with Gasteiger partial charge in [-0.3, -0.25) is 4.79 Å². The van der Waals surface area contributed by atoms with Crippen LogP contribution in [0, 0.1) is 0 Å². The molecule has 1 unspecified atom stereocenters. The number of piperidine rings is 1. The van der Waals surface area contributed by atoms with Crippen LogP contribution in [-0.4, -0.2) is 54.4 Å². The average Bonchev–Trinajstić information content (AvgIpc) is 2.34. The second kappa shape index (κ2) is 7.92. The van der Waals surface area contributed by atoms with Gasteiger partial charge in [-0.25, -0.2) is 4.79 Å². The third kappa shape index (κ3) is 4.91. The average molecular weight is 258 g/mol. The maximum absolute atomic E-state index is 11.9. The normalized spacial score (nSPS) is 19.6. The number of nitrogens with zero attached hydrogens (tertiary/aromatic N) is 1. The largest absolute Gasteiger partial charge is 0.481 e. The van der Waals surface area contributed by atoms with Gasteiger partial charge in [-0.15, -0.1) is 0 Å². The molecule has 0 aromatic heterocycles. The Hall–Kier alpha value is -1.30. The third-order valence-electron chi connectivity index (χ3n) is 3.02. The number of hydrogen-bond acceptors (Lipinski definition) is 3. The van der Waals surface area contributed by atoms with Gasteiger partial charge in [0.2, 0.25) is 0 Å². The molecule has 1 fully saturated rings. The van der Waals surface area contributed by atoms with Gasteiger partial charge < -0.3 is 20.1 Å². The number of rotatable bonds is 6. The first-order valence-electron chi connectivity index (χ1n) is 6.49. The number of likely N-dealkylation sites (tertiary alicyclic amines) is 1. The number of carbonyl (C=O) groups is 2. The summed E-state index contributed by atoms with van der Waals surface area (Å²) >= 11 is 0. The van der Waals surface area contributed by atoms with Gasteiger partial charge in [-0.2, -0.15) is 0 Å². The topological polar surface area (TPSA) is 78.9 Å². The Morgan fingerprint density at radius 3 is 2.89 bits per heavy atom. The maximum atomic E-state index is 11.9. The van der Waals surface area contributed by atoms with E-state index in [0.717, 1.165) is 19.3 Å². The van der Waals surface area contributed by atoms with E-state index in [2.05, 4.69) is 5.32 Å². The van der Waals surface area contributed by atoms with Crippen molar-refractivity contribution in [2.45, 2.75) is 38.6 Å². The highest BCUT2D eigenvalue weighted by Gasteiger charge is 2.28. The predicted octanol–water partition coefficient (Wildman–Crippen LogP) is 1.06. The molecule has 1 saturated heterocycles. The lowest BCUT2D eigenvalue weighted by molar-refractivity contribution is -0.138. The van der Waals surface area contributed by atoms with Crippen molar-refractivity contribution in [1.29, 1.82) is 0 Å².